The van der Waals surface area contributed by atoms with Gasteiger partial charge in [0.05, 0.1) is 6.54 Å². The van der Waals surface area contributed by atoms with Crippen molar-refractivity contribution in [3.8, 4) is 0 Å². The lowest BCUT2D eigenvalue weighted by Crippen LogP contribution is -2.42. The SMILES string of the molecule is CCCC1CC1NC(=NC)NCCC1CCN(CC(F)(F)F)CC1.I. The Balaban J connectivity index is 0.00000312. The van der Waals surface area contributed by atoms with Gasteiger partial charge in [0.25, 0.3) is 0 Å². The first-order valence-electron chi connectivity index (χ1n) is 9.17. The molecule has 1 saturated carbocycles. The number of guanidine groups is 1. The molecule has 8 heteroatoms. The van der Waals surface area contributed by atoms with E-state index < -0.39 is 12.7 Å². The molecule has 0 aromatic carbocycles. The summed E-state index contributed by atoms with van der Waals surface area (Å²) in [5.41, 5.74) is 0. The van der Waals surface area contributed by atoms with Crippen LogP contribution in [0.25, 0.3) is 0 Å². The highest BCUT2D eigenvalue weighted by atomic mass is 127. The summed E-state index contributed by atoms with van der Waals surface area (Å²) in [4.78, 5) is 5.78. The van der Waals surface area contributed by atoms with Gasteiger partial charge in [-0.1, -0.05) is 13.3 Å². The lowest BCUT2D eigenvalue weighted by molar-refractivity contribution is -0.148. The monoisotopic (exact) mass is 476 g/mol. The van der Waals surface area contributed by atoms with E-state index in [2.05, 4.69) is 22.5 Å². The molecule has 2 N–H and O–H groups in total. The topological polar surface area (TPSA) is 39.7 Å². The summed E-state index contributed by atoms with van der Waals surface area (Å²) in [7, 11) is 1.78. The van der Waals surface area contributed by atoms with Crippen LogP contribution in [-0.2, 0) is 0 Å². The second-order valence-electron chi connectivity index (χ2n) is 7.16. The predicted molar refractivity (Wildman–Crippen MR) is 107 cm³/mol. The van der Waals surface area contributed by atoms with Gasteiger partial charge in [-0.3, -0.25) is 9.89 Å². The van der Waals surface area contributed by atoms with Gasteiger partial charge >= 0.3 is 6.18 Å². The molecule has 0 aromatic rings. The van der Waals surface area contributed by atoms with Crippen LogP contribution < -0.4 is 10.6 Å². The maximum Gasteiger partial charge on any atom is 0.401 e. The number of hydrogen-bond donors (Lipinski definition) is 2. The predicted octanol–water partition coefficient (Wildman–Crippen LogP) is 3.62. The van der Waals surface area contributed by atoms with E-state index in [1.165, 1.54) is 24.2 Å². The first kappa shape index (κ1) is 22.8. The summed E-state index contributed by atoms with van der Waals surface area (Å²) < 4.78 is 37.1. The number of nitrogens with zero attached hydrogens (tertiary/aromatic N) is 2. The summed E-state index contributed by atoms with van der Waals surface area (Å²) in [6.07, 6.45) is 2.34. The van der Waals surface area contributed by atoms with Gasteiger partial charge in [-0.25, -0.2) is 0 Å². The van der Waals surface area contributed by atoms with Crippen molar-refractivity contribution in [2.75, 3.05) is 33.2 Å². The molecule has 0 amide bonds. The highest BCUT2D eigenvalue weighted by molar-refractivity contribution is 14.0. The Labute approximate surface area is 166 Å². The molecular formula is C17H32F3IN4. The van der Waals surface area contributed by atoms with Crippen molar-refractivity contribution in [1.82, 2.24) is 15.5 Å². The van der Waals surface area contributed by atoms with Gasteiger partial charge in [0.15, 0.2) is 5.96 Å². The second-order valence-corrected chi connectivity index (χ2v) is 7.16. The van der Waals surface area contributed by atoms with E-state index in [1.54, 1.807) is 7.05 Å². The lowest BCUT2D eigenvalue weighted by atomic mass is 9.93. The van der Waals surface area contributed by atoms with Crippen LogP contribution in [0.15, 0.2) is 4.99 Å². The van der Waals surface area contributed by atoms with Crippen LogP contribution in [0.1, 0.15) is 45.4 Å². The van der Waals surface area contributed by atoms with Gasteiger partial charge in [-0.2, -0.15) is 13.2 Å². The molecule has 1 heterocycles. The van der Waals surface area contributed by atoms with E-state index in [1.807, 2.05) is 0 Å². The molecule has 2 atom stereocenters. The zero-order valence-electron chi connectivity index (χ0n) is 15.2. The van der Waals surface area contributed by atoms with Crippen molar-refractivity contribution in [3.05, 3.63) is 0 Å². The van der Waals surface area contributed by atoms with Gasteiger partial charge < -0.3 is 10.6 Å². The Kier molecular flexibility index (Phi) is 9.84. The minimum absolute atomic E-state index is 0. The van der Waals surface area contributed by atoms with E-state index in [4.69, 9.17) is 0 Å². The number of aliphatic imine (C=N–C) groups is 1. The molecule has 1 aliphatic carbocycles. The molecule has 0 bridgehead atoms. The van der Waals surface area contributed by atoms with E-state index in [-0.39, 0.29) is 24.0 Å². The average Bonchev–Trinajstić information content (AvgIpc) is 3.24. The number of piperidine rings is 1. The fourth-order valence-electron chi connectivity index (χ4n) is 3.57. The largest absolute Gasteiger partial charge is 0.401 e. The highest BCUT2D eigenvalue weighted by Crippen LogP contribution is 2.34. The molecule has 4 nitrogen and oxygen atoms in total. The fourth-order valence-corrected chi connectivity index (χ4v) is 3.57. The first-order chi connectivity index (χ1) is 11.4. The quantitative estimate of drug-likeness (QED) is 0.335. The van der Waals surface area contributed by atoms with Crippen molar-refractivity contribution in [2.24, 2.45) is 16.8 Å². The molecule has 1 aliphatic heterocycles. The minimum Gasteiger partial charge on any atom is -0.356 e. The van der Waals surface area contributed by atoms with Crippen LogP contribution in [0.2, 0.25) is 0 Å². The molecule has 2 aliphatic rings. The van der Waals surface area contributed by atoms with Crippen LogP contribution in [0.3, 0.4) is 0 Å². The summed E-state index contributed by atoms with van der Waals surface area (Å²) in [5, 5.41) is 6.80. The van der Waals surface area contributed by atoms with E-state index in [0.717, 1.165) is 37.7 Å². The minimum atomic E-state index is -4.08. The normalized spacial score (nSPS) is 25.4. The average molecular weight is 476 g/mol. The van der Waals surface area contributed by atoms with Crippen LogP contribution >= 0.6 is 24.0 Å². The zero-order chi connectivity index (χ0) is 17.6. The lowest BCUT2D eigenvalue weighted by Gasteiger charge is -2.32. The summed E-state index contributed by atoms with van der Waals surface area (Å²) in [6, 6.07) is 0.557. The Bertz CT molecular complexity index is 409. The molecule has 0 aromatic heterocycles. The number of alkyl halides is 3. The Morgan fingerprint density at radius 3 is 2.44 bits per heavy atom. The third-order valence-electron chi connectivity index (χ3n) is 5.08. The van der Waals surface area contributed by atoms with Gasteiger partial charge in [0.2, 0.25) is 0 Å². The van der Waals surface area contributed by atoms with E-state index in [9.17, 15) is 13.2 Å². The van der Waals surface area contributed by atoms with Gasteiger partial charge in [-0.05, 0) is 57.0 Å². The zero-order valence-corrected chi connectivity index (χ0v) is 17.6. The molecule has 2 fully saturated rings. The Morgan fingerprint density at radius 1 is 1.20 bits per heavy atom. The van der Waals surface area contributed by atoms with Gasteiger partial charge in [0, 0.05) is 19.6 Å². The van der Waals surface area contributed by atoms with Crippen molar-refractivity contribution in [2.45, 2.75) is 57.7 Å². The van der Waals surface area contributed by atoms with Crippen LogP contribution in [0.4, 0.5) is 13.2 Å². The second kappa shape index (κ2) is 10.8. The Morgan fingerprint density at radius 2 is 1.88 bits per heavy atom. The number of halogens is 4. The molecule has 148 valence electrons. The number of nitrogens with one attached hydrogen (secondary N) is 2. The molecule has 2 unspecified atom stereocenters. The van der Waals surface area contributed by atoms with Crippen LogP contribution in [0, 0.1) is 11.8 Å². The summed E-state index contributed by atoms with van der Waals surface area (Å²) in [5.74, 6) is 2.15. The Hall–Kier alpha value is -0.250. The molecule has 1 saturated heterocycles. The first-order valence-corrected chi connectivity index (χ1v) is 9.17. The highest BCUT2D eigenvalue weighted by Gasteiger charge is 2.36. The molecular weight excluding hydrogens is 444 g/mol. The third-order valence-corrected chi connectivity index (χ3v) is 5.08. The third kappa shape index (κ3) is 8.79. The van der Waals surface area contributed by atoms with Crippen molar-refractivity contribution >= 4 is 29.9 Å². The van der Waals surface area contributed by atoms with Crippen molar-refractivity contribution in [1.29, 1.82) is 0 Å². The maximum atomic E-state index is 12.4. The van der Waals surface area contributed by atoms with Crippen LogP contribution in [0.5, 0.6) is 0 Å². The standard InChI is InChI=1S/C17H31F3N4.HI/c1-3-4-14-11-15(14)23-16(21-2)22-8-5-13-6-9-24(10-7-13)12-17(18,19)20;/h13-15H,3-12H2,1-2H3,(H2,21,22,23);1H. The maximum absolute atomic E-state index is 12.4. The summed E-state index contributed by atoms with van der Waals surface area (Å²) in [6.45, 7) is 3.38. The van der Waals surface area contributed by atoms with E-state index in [0.29, 0.717) is 25.0 Å². The smallest absolute Gasteiger partial charge is 0.356 e. The molecule has 0 spiro atoms. The number of hydrogen-bond acceptors (Lipinski definition) is 2. The molecule has 0 radical (unpaired) electrons. The van der Waals surface area contributed by atoms with Gasteiger partial charge in [0.1, 0.15) is 0 Å². The van der Waals surface area contributed by atoms with Crippen molar-refractivity contribution in [3.63, 3.8) is 0 Å². The molecule has 2 rings (SSSR count). The molecule has 25 heavy (non-hydrogen) atoms. The summed E-state index contributed by atoms with van der Waals surface area (Å²) >= 11 is 0. The number of likely N-dealkylation sites (tertiary alicyclic amines) is 1. The fraction of sp³-hybridized carbons (Fsp3) is 0.941. The van der Waals surface area contributed by atoms with Gasteiger partial charge in [-0.15, -0.1) is 24.0 Å². The van der Waals surface area contributed by atoms with E-state index >= 15 is 0 Å². The van der Waals surface area contributed by atoms with Crippen LogP contribution in [-0.4, -0.2) is 56.3 Å². The number of rotatable bonds is 7. The van der Waals surface area contributed by atoms with Crippen molar-refractivity contribution < 1.29 is 13.2 Å².